The van der Waals surface area contributed by atoms with Crippen molar-refractivity contribution in [3.63, 3.8) is 0 Å². The van der Waals surface area contributed by atoms with E-state index in [1.54, 1.807) is 0 Å². The first-order valence-electron chi connectivity index (χ1n) is 2.55. The van der Waals surface area contributed by atoms with E-state index in [-0.39, 0.29) is 11.4 Å². The molecule has 0 aliphatic carbocycles. The lowest BCUT2D eigenvalue weighted by Gasteiger charge is -1.93. The normalized spacial score (nSPS) is 9.30. The molecule has 0 aromatic carbocycles. The van der Waals surface area contributed by atoms with Crippen LogP contribution in [0.2, 0.25) is 0 Å². The van der Waals surface area contributed by atoms with Gasteiger partial charge in [0.1, 0.15) is 5.75 Å². The Morgan fingerprint density at radius 1 is 1.70 bits per heavy atom. The summed E-state index contributed by atoms with van der Waals surface area (Å²) in [5.41, 5.74) is -0.107. The van der Waals surface area contributed by atoms with Gasteiger partial charge in [-0.25, -0.2) is 4.98 Å². The minimum absolute atomic E-state index is 0.107. The summed E-state index contributed by atoms with van der Waals surface area (Å²) in [6.45, 7) is 0. The summed E-state index contributed by atoms with van der Waals surface area (Å²) in [5, 5.41) is 8.16. The minimum atomic E-state index is -0.752. The van der Waals surface area contributed by atoms with Gasteiger partial charge in [0, 0.05) is 6.20 Å². The van der Waals surface area contributed by atoms with Crippen molar-refractivity contribution in [2.24, 2.45) is 0 Å². The Hall–Kier alpha value is -1.09. The highest BCUT2D eigenvalue weighted by molar-refractivity contribution is 6.67. The van der Waals surface area contributed by atoms with Crippen LogP contribution in [-0.2, 0) is 0 Å². The van der Waals surface area contributed by atoms with Crippen LogP contribution in [0.15, 0.2) is 18.3 Å². The van der Waals surface area contributed by atoms with Crippen LogP contribution in [0.1, 0.15) is 10.5 Å². The van der Waals surface area contributed by atoms with Crippen LogP contribution in [-0.4, -0.2) is 15.3 Å². The van der Waals surface area contributed by atoms with Gasteiger partial charge >= 0.3 is 0 Å². The number of hydrogen-bond donors (Lipinski definition) is 1. The second-order valence-corrected chi connectivity index (χ2v) is 1.99. The standard InChI is InChI=1S/C6H4ClNO2/c7-6(10)5-4(9)2-1-3-8-5/h1-3,9H. The topological polar surface area (TPSA) is 50.2 Å². The van der Waals surface area contributed by atoms with Gasteiger partial charge in [0.15, 0.2) is 5.69 Å². The van der Waals surface area contributed by atoms with E-state index in [2.05, 4.69) is 4.98 Å². The summed E-state index contributed by atoms with van der Waals surface area (Å²) in [4.78, 5) is 14.0. The molecule has 1 rings (SSSR count). The van der Waals surface area contributed by atoms with Crippen LogP contribution in [0.3, 0.4) is 0 Å². The maximum atomic E-state index is 10.4. The molecule has 4 heteroatoms. The molecule has 0 spiro atoms. The quantitative estimate of drug-likeness (QED) is 0.623. The maximum absolute atomic E-state index is 10.4. The third kappa shape index (κ3) is 1.25. The van der Waals surface area contributed by atoms with Crippen molar-refractivity contribution in [2.45, 2.75) is 0 Å². The molecule has 0 amide bonds. The van der Waals surface area contributed by atoms with Gasteiger partial charge in [-0.2, -0.15) is 0 Å². The van der Waals surface area contributed by atoms with Crippen LogP contribution in [0.4, 0.5) is 0 Å². The van der Waals surface area contributed by atoms with Gasteiger partial charge in [0.25, 0.3) is 5.24 Å². The zero-order valence-electron chi connectivity index (χ0n) is 4.91. The van der Waals surface area contributed by atoms with Crippen LogP contribution < -0.4 is 0 Å². The Bertz CT molecular complexity index is 262. The van der Waals surface area contributed by atoms with Crippen LogP contribution in [0, 0.1) is 0 Å². The molecular formula is C6H4ClNO2. The van der Waals surface area contributed by atoms with E-state index in [1.807, 2.05) is 0 Å². The molecule has 0 bridgehead atoms. The number of hydrogen-bond acceptors (Lipinski definition) is 3. The molecule has 0 saturated carbocycles. The number of carbonyl (C=O) groups is 1. The molecule has 0 radical (unpaired) electrons. The van der Waals surface area contributed by atoms with Crippen molar-refractivity contribution >= 4 is 16.8 Å². The van der Waals surface area contributed by atoms with Crippen molar-refractivity contribution in [3.8, 4) is 5.75 Å². The molecule has 1 aromatic heterocycles. The minimum Gasteiger partial charge on any atom is -0.505 e. The van der Waals surface area contributed by atoms with Gasteiger partial charge in [-0.15, -0.1) is 0 Å². The molecule has 1 N–H and O–H groups in total. The van der Waals surface area contributed by atoms with E-state index in [0.29, 0.717) is 0 Å². The monoisotopic (exact) mass is 157 g/mol. The van der Waals surface area contributed by atoms with Crippen molar-refractivity contribution < 1.29 is 9.90 Å². The Balaban J connectivity index is 3.15. The van der Waals surface area contributed by atoms with Gasteiger partial charge in [-0.05, 0) is 23.7 Å². The molecule has 0 aliphatic heterocycles. The number of aromatic hydroxyl groups is 1. The van der Waals surface area contributed by atoms with Crippen LogP contribution in [0.25, 0.3) is 0 Å². The molecule has 0 aliphatic rings. The molecule has 0 unspecified atom stereocenters. The molecule has 0 fully saturated rings. The molecule has 3 nitrogen and oxygen atoms in total. The van der Waals surface area contributed by atoms with E-state index >= 15 is 0 Å². The average molecular weight is 158 g/mol. The molecular weight excluding hydrogens is 154 g/mol. The number of carbonyl (C=O) groups excluding carboxylic acids is 1. The summed E-state index contributed by atoms with van der Waals surface area (Å²) in [7, 11) is 0. The first-order chi connectivity index (χ1) is 4.72. The van der Waals surface area contributed by atoms with Crippen LogP contribution >= 0.6 is 11.6 Å². The molecule has 10 heavy (non-hydrogen) atoms. The van der Waals surface area contributed by atoms with Crippen LogP contribution in [0.5, 0.6) is 5.75 Å². The van der Waals surface area contributed by atoms with Gasteiger partial charge in [-0.3, -0.25) is 4.79 Å². The summed E-state index contributed by atoms with van der Waals surface area (Å²) in [6.07, 6.45) is 1.38. The van der Waals surface area contributed by atoms with Gasteiger partial charge in [0.05, 0.1) is 0 Å². The highest BCUT2D eigenvalue weighted by Gasteiger charge is 2.07. The third-order valence-electron chi connectivity index (χ3n) is 0.973. The maximum Gasteiger partial charge on any atom is 0.274 e. The Morgan fingerprint density at radius 3 is 2.80 bits per heavy atom. The highest BCUT2D eigenvalue weighted by Crippen LogP contribution is 2.13. The lowest BCUT2D eigenvalue weighted by atomic mass is 10.3. The van der Waals surface area contributed by atoms with Crippen molar-refractivity contribution in [2.75, 3.05) is 0 Å². The first kappa shape index (κ1) is 7.02. The zero-order valence-corrected chi connectivity index (χ0v) is 5.67. The van der Waals surface area contributed by atoms with Gasteiger partial charge < -0.3 is 5.11 Å². The predicted octanol–water partition coefficient (Wildman–Crippen LogP) is 1.17. The lowest BCUT2D eigenvalue weighted by molar-refractivity contribution is 0.107. The summed E-state index contributed by atoms with van der Waals surface area (Å²) in [5.74, 6) is -0.192. The van der Waals surface area contributed by atoms with Crippen molar-refractivity contribution in [1.82, 2.24) is 4.98 Å². The largest absolute Gasteiger partial charge is 0.505 e. The van der Waals surface area contributed by atoms with Crippen molar-refractivity contribution in [1.29, 1.82) is 0 Å². The Labute approximate surface area is 62.3 Å². The smallest absolute Gasteiger partial charge is 0.274 e. The third-order valence-corrected chi connectivity index (χ3v) is 1.15. The SMILES string of the molecule is O=C(Cl)c1ncccc1O. The fraction of sp³-hybridized carbons (Fsp3) is 0. The first-order valence-corrected chi connectivity index (χ1v) is 2.93. The van der Waals surface area contributed by atoms with E-state index in [9.17, 15) is 4.79 Å². The lowest BCUT2D eigenvalue weighted by Crippen LogP contribution is -1.92. The van der Waals surface area contributed by atoms with E-state index in [0.717, 1.165) is 0 Å². The van der Waals surface area contributed by atoms with Gasteiger partial charge in [0.2, 0.25) is 0 Å². The molecule has 1 heterocycles. The number of pyridine rings is 1. The Morgan fingerprint density at radius 2 is 2.40 bits per heavy atom. The average Bonchev–Trinajstić information content (AvgIpc) is 1.88. The summed E-state index contributed by atoms with van der Waals surface area (Å²) >= 11 is 5.05. The number of halogens is 1. The number of nitrogens with zero attached hydrogens (tertiary/aromatic N) is 1. The molecule has 52 valence electrons. The molecule has 1 aromatic rings. The fourth-order valence-corrected chi connectivity index (χ4v) is 0.694. The van der Waals surface area contributed by atoms with E-state index in [1.165, 1.54) is 18.3 Å². The predicted molar refractivity (Wildman–Crippen MR) is 36.1 cm³/mol. The second kappa shape index (κ2) is 2.66. The van der Waals surface area contributed by atoms with E-state index < -0.39 is 5.24 Å². The number of rotatable bonds is 1. The number of aromatic nitrogens is 1. The van der Waals surface area contributed by atoms with Gasteiger partial charge in [-0.1, -0.05) is 0 Å². The van der Waals surface area contributed by atoms with Crippen molar-refractivity contribution in [3.05, 3.63) is 24.0 Å². The molecule has 0 atom stereocenters. The zero-order chi connectivity index (χ0) is 7.56. The highest BCUT2D eigenvalue weighted by atomic mass is 35.5. The van der Waals surface area contributed by atoms with E-state index in [4.69, 9.17) is 16.7 Å². The molecule has 0 saturated heterocycles. The summed E-state index contributed by atoms with van der Waals surface area (Å²) < 4.78 is 0. The second-order valence-electron chi connectivity index (χ2n) is 1.64. The Kier molecular flexibility index (Phi) is 1.87. The fourth-order valence-electron chi connectivity index (χ4n) is 0.548. The summed E-state index contributed by atoms with van der Waals surface area (Å²) in [6, 6.07) is 2.86.